The fourth-order valence-corrected chi connectivity index (χ4v) is 3.75. The van der Waals surface area contributed by atoms with Crippen LogP contribution in [0.15, 0.2) is 35.5 Å². The number of hydrogen-bond acceptors (Lipinski definition) is 7. The molecule has 0 atom stereocenters. The van der Waals surface area contributed by atoms with E-state index in [1.165, 1.54) is 18.2 Å². The first-order valence-corrected chi connectivity index (χ1v) is 9.45. The number of aryl methyl sites for hydroxylation is 1. The van der Waals surface area contributed by atoms with Crippen molar-refractivity contribution in [3.05, 3.63) is 41.5 Å². The van der Waals surface area contributed by atoms with Gasteiger partial charge >= 0.3 is 6.09 Å². The van der Waals surface area contributed by atoms with E-state index in [0.29, 0.717) is 37.2 Å². The molecule has 8 heteroatoms. The molecule has 7 nitrogen and oxygen atoms in total. The van der Waals surface area contributed by atoms with Crippen molar-refractivity contribution in [1.29, 1.82) is 0 Å². The fraction of sp³-hybridized carbons (Fsp3) is 0.389. The average molecular weight is 373 g/mol. The van der Waals surface area contributed by atoms with Crippen LogP contribution < -0.4 is 10.6 Å². The van der Waals surface area contributed by atoms with E-state index in [0.717, 1.165) is 11.6 Å². The summed E-state index contributed by atoms with van der Waals surface area (Å²) in [7, 11) is 1.40. The number of nitrogen functional groups attached to an aromatic ring is 1. The Morgan fingerprint density at radius 1 is 1.23 bits per heavy atom. The van der Waals surface area contributed by atoms with Crippen LogP contribution in [0, 0.1) is 6.92 Å². The summed E-state index contributed by atoms with van der Waals surface area (Å²) in [5.41, 5.74) is 8.50. The minimum atomic E-state index is -0.290. The molecule has 0 unspecified atom stereocenters. The van der Waals surface area contributed by atoms with E-state index in [2.05, 4.69) is 33.9 Å². The third kappa shape index (κ3) is 4.37. The molecule has 0 aliphatic carbocycles. The number of carbonyl (C=O) groups excluding carboxylic acids is 1. The number of piperazine rings is 1. The summed E-state index contributed by atoms with van der Waals surface area (Å²) >= 11 is 1.58. The summed E-state index contributed by atoms with van der Waals surface area (Å²) in [6.07, 6.45) is -0.290. The van der Waals surface area contributed by atoms with Gasteiger partial charge in [-0.15, -0.1) is 0 Å². The Bertz CT molecular complexity index is 778. The van der Waals surface area contributed by atoms with Gasteiger partial charge in [0.25, 0.3) is 0 Å². The van der Waals surface area contributed by atoms with Crippen molar-refractivity contribution in [3.63, 3.8) is 0 Å². The van der Waals surface area contributed by atoms with Crippen LogP contribution in [-0.2, 0) is 10.5 Å². The van der Waals surface area contributed by atoms with Crippen LogP contribution in [0.5, 0.6) is 0 Å². The molecule has 138 valence electrons. The highest BCUT2D eigenvalue weighted by atomic mass is 32.2. The number of carbonyl (C=O) groups is 1. The van der Waals surface area contributed by atoms with Gasteiger partial charge in [0.2, 0.25) is 0 Å². The maximum atomic E-state index is 11.6. The number of methoxy groups -OCH3 is 1. The summed E-state index contributed by atoms with van der Waals surface area (Å²) in [4.78, 5) is 24.4. The zero-order valence-corrected chi connectivity index (χ0v) is 15.8. The maximum Gasteiger partial charge on any atom is 0.409 e. The number of rotatable bonds is 4. The second kappa shape index (κ2) is 8.27. The van der Waals surface area contributed by atoms with Crippen molar-refractivity contribution in [2.45, 2.75) is 17.8 Å². The third-order valence-electron chi connectivity index (χ3n) is 4.37. The lowest BCUT2D eigenvalue weighted by atomic mass is 10.1. The number of anilines is 2. The van der Waals surface area contributed by atoms with Gasteiger partial charge in [0.15, 0.2) is 5.16 Å². The highest BCUT2D eigenvalue weighted by Crippen LogP contribution is 2.25. The van der Waals surface area contributed by atoms with Gasteiger partial charge in [-0.2, -0.15) is 0 Å². The number of amides is 1. The lowest BCUT2D eigenvalue weighted by Crippen LogP contribution is -2.49. The van der Waals surface area contributed by atoms with Crippen molar-refractivity contribution in [3.8, 4) is 0 Å². The van der Waals surface area contributed by atoms with E-state index in [1.54, 1.807) is 22.7 Å². The molecule has 26 heavy (non-hydrogen) atoms. The Kier molecular flexibility index (Phi) is 5.82. The molecule has 0 radical (unpaired) electrons. The number of hydrogen-bond donors (Lipinski definition) is 1. The number of benzene rings is 1. The van der Waals surface area contributed by atoms with Crippen molar-refractivity contribution < 1.29 is 9.53 Å². The van der Waals surface area contributed by atoms with Gasteiger partial charge in [-0.3, -0.25) is 0 Å². The first-order valence-electron chi connectivity index (χ1n) is 8.46. The quantitative estimate of drug-likeness (QED) is 0.651. The Balaban J connectivity index is 1.66. The maximum absolute atomic E-state index is 11.6. The summed E-state index contributed by atoms with van der Waals surface area (Å²) in [6.45, 7) is 4.67. The van der Waals surface area contributed by atoms with Gasteiger partial charge in [-0.05, 0) is 18.1 Å². The van der Waals surface area contributed by atoms with E-state index < -0.39 is 0 Å². The zero-order chi connectivity index (χ0) is 18.5. The van der Waals surface area contributed by atoms with Crippen LogP contribution in [0.2, 0.25) is 0 Å². The van der Waals surface area contributed by atoms with E-state index in [1.807, 2.05) is 12.1 Å². The number of aromatic nitrogens is 2. The van der Waals surface area contributed by atoms with E-state index >= 15 is 0 Å². The second-order valence-electron chi connectivity index (χ2n) is 6.09. The third-order valence-corrected chi connectivity index (χ3v) is 5.26. The highest BCUT2D eigenvalue weighted by Gasteiger charge is 2.23. The highest BCUT2D eigenvalue weighted by molar-refractivity contribution is 7.98. The molecule has 2 heterocycles. The zero-order valence-electron chi connectivity index (χ0n) is 15.0. The number of nitrogens with two attached hydrogens (primary N) is 1. The first-order chi connectivity index (χ1) is 12.6. The van der Waals surface area contributed by atoms with Crippen LogP contribution in [0.25, 0.3) is 0 Å². The van der Waals surface area contributed by atoms with Gasteiger partial charge in [-0.25, -0.2) is 14.8 Å². The lowest BCUT2D eigenvalue weighted by molar-refractivity contribution is 0.121. The van der Waals surface area contributed by atoms with E-state index in [9.17, 15) is 4.79 Å². The van der Waals surface area contributed by atoms with E-state index in [-0.39, 0.29) is 6.09 Å². The molecule has 1 aromatic heterocycles. The molecular formula is C18H23N5O2S. The molecule has 0 saturated carbocycles. The summed E-state index contributed by atoms with van der Waals surface area (Å²) < 4.78 is 4.77. The minimum absolute atomic E-state index is 0.290. The Hall–Kier alpha value is -2.48. The van der Waals surface area contributed by atoms with Crippen molar-refractivity contribution >= 4 is 29.5 Å². The van der Waals surface area contributed by atoms with Crippen LogP contribution in [-0.4, -0.2) is 54.2 Å². The molecule has 2 N–H and O–H groups in total. The Morgan fingerprint density at radius 2 is 1.96 bits per heavy atom. The average Bonchev–Trinajstić information content (AvgIpc) is 2.66. The molecule has 1 aliphatic rings. The lowest BCUT2D eigenvalue weighted by Gasteiger charge is -2.34. The smallest absolute Gasteiger partial charge is 0.409 e. The summed E-state index contributed by atoms with van der Waals surface area (Å²) in [6, 6.07) is 10.1. The van der Waals surface area contributed by atoms with Crippen LogP contribution >= 0.6 is 11.8 Å². The Labute approximate surface area is 157 Å². The van der Waals surface area contributed by atoms with Gasteiger partial charge in [0.05, 0.1) is 7.11 Å². The largest absolute Gasteiger partial charge is 0.453 e. The number of ether oxygens (including phenoxy) is 1. The molecule has 1 aliphatic heterocycles. The molecule has 1 amide bonds. The van der Waals surface area contributed by atoms with Gasteiger partial charge in [-0.1, -0.05) is 36.0 Å². The molecule has 1 saturated heterocycles. The molecule has 0 bridgehead atoms. The van der Waals surface area contributed by atoms with Gasteiger partial charge < -0.3 is 20.3 Å². The van der Waals surface area contributed by atoms with Crippen molar-refractivity contribution in [2.24, 2.45) is 0 Å². The SMILES string of the molecule is COC(=O)N1CCN(c2cc(N)nc(SCc3ccccc3C)n2)CC1. The van der Waals surface area contributed by atoms with Crippen LogP contribution in [0.1, 0.15) is 11.1 Å². The molecule has 3 rings (SSSR count). The van der Waals surface area contributed by atoms with Crippen LogP contribution in [0.3, 0.4) is 0 Å². The number of nitrogens with zero attached hydrogens (tertiary/aromatic N) is 4. The second-order valence-corrected chi connectivity index (χ2v) is 7.04. The topological polar surface area (TPSA) is 84.6 Å². The summed E-state index contributed by atoms with van der Waals surface area (Å²) in [5.74, 6) is 2.05. The molecule has 1 aromatic carbocycles. The minimum Gasteiger partial charge on any atom is -0.453 e. The predicted octanol–water partition coefficient (Wildman–Crippen LogP) is 2.55. The molecular weight excluding hydrogens is 350 g/mol. The molecule has 2 aromatic rings. The Morgan fingerprint density at radius 3 is 2.65 bits per heavy atom. The van der Waals surface area contributed by atoms with Crippen molar-refractivity contribution in [1.82, 2.24) is 14.9 Å². The first kappa shape index (κ1) is 18.3. The fourth-order valence-electron chi connectivity index (χ4n) is 2.82. The number of thioether (sulfide) groups is 1. The normalized spacial score (nSPS) is 14.4. The summed E-state index contributed by atoms with van der Waals surface area (Å²) in [5, 5.41) is 0.665. The van der Waals surface area contributed by atoms with Gasteiger partial charge in [0.1, 0.15) is 11.6 Å². The monoisotopic (exact) mass is 373 g/mol. The van der Waals surface area contributed by atoms with Crippen molar-refractivity contribution in [2.75, 3.05) is 43.9 Å². The predicted molar refractivity (Wildman–Crippen MR) is 103 cm³/mol. The van der Waals surface area contributed by atoms with Gasteiger partial charge in [0, 0.05) is 38.0 Å². The molecule has 1 fully saturated rings. The molecule has 0 spiro atoms. The van der Waals surface area contributed by atoms with Crippen LogP contribution in [0.4, 0.5) is 16.4 Å². The standard InChI is InChI=1S/C18H23N5O2S/c1-13-5-3-4-6-14(13)12-26-17-20-15(19)11-16(21-17)22-7-9-23(10-8-22)18(24)25-2/h3-6,11H,7-10,12H2,1-2H3,(H2,19,20,21). The van der Waals surface area contributed by atoms with E-state index in [4.69, 9.17) is 10.5 Å².